The van der Waals surface area contributed by atoms with Gasteiger partial charge >= 0.3 is 0 Å². The molecule has 0 amide bonds. The van der Waals surface area contributed by atoms with E-state index >= 15 is 0 Å². The van der Waals surface area contributed by atoms with Gasteiger partial charge in [0, 0.05) is 38.9 Å². The molecule has 35 heavy (non-hydrogen) atoms. The Morgan fingerprint density at radius 3 is 2.43 bits per heavy atom. The predicted octanol–water partition coefficient (Wildman–Crippen LogP) is 4.33. The molecule has 4 aromatic rings. The van der Waals surface area contributed by atoms with Crippen LogP contribution in [0.5, 0.6) is 23.0 Å². The quantitative estimate of drug-likeness (QED) is 0.443. The van der Waals surface area contributed by atoms with Crippen molar-refractivity contribution in [3.8, 4) is 23.0 Å². The van der Waals surface area contributed by atoms with Crippen LogP contribution in [0, 0.1) is 6.92 Å². The highest BCUT2D eigenvalue weighted by Crippen LogP contribution is 2.32. The number of aryl methyl sites for hydroxylation is 1. The van der Waals surface area contributed by atoms with E-state index in [2.05, 4.69) is 14.8 Å². The second-order valence-electron chi connectivity index (χ2n) is 8.49. The number of aromatic nitrogens is 1. The average Bonchev–Trinajstić information content (AvgIpc) is 2.89. The number of anilines is 1. The summed E-state index contributed by atoms with van der Waals surface area (Å²) in [5.41, 5.74) is 0.715. The van der Waals surface area contributed by atoms with Gasteiger partial charge in [-0.2, -0.15) is 0 Å². The van der Waals surface area contributed by atoms with Crippen molar-refractivity contribution in [3.05, 3.63) is 82.3 Å². The molecule has 0 aliphatic carbocycles. The molecular weight excluding hydrogens is 446 g/mol. The molecule has 0 atom stereocenters. The average molecular weight is 474 g/mol. The summed E-state index contributed by atoms with van der Waals surface area (Å²) in [7, 11) is 1.59. The Balaban J connectivity index is 1.39. The Bertz CT molecular complexity index is 1380. The van der Waals surface area contributed by atoms with Crippen LogP contribution < -0.4 is 19.8 Å². The first kappa shape index (κ1) is 22.7. The highest BCUT2D eigenvalue weighted by atomic mass is 16.5. The normalized spacial score (nSPS) is 14.3. The Labute approximate surface area is 203 Å². The summed E-state index contributed by atoms with van der Waals surface area (Å²) in [5, 5.41) is 11.0. The molecule has 0 saturated carbocycles. The highest BCUT2D eigenvalue weighted by molar-refractivity contribution is 5.83. The van der Waals surface area contributed by atoms with Crippen molar-refractivity contribution >= 4 is 16.8 Å². The molecule has 3 heterocycles. The summed E-state index contributed by atoms with van der Waals surface area (Å²) in [4.78, 5) is 22.2. The number of aromatic hydroxyl groups is 1. The number of ether oxygens (including phenoxy) is 2. The van der Waals surface area contributed by atoms with E-state index in [9.17, 15) is 9.90 Å². The molecular formula is C27H27N3O5. The van der Waals surface area contributed by atoms with Crippen LogP contribution in [0.15, 0.2) is 70.0 Å². The van der Waals surface area contributed by atoms with Gasteiger partial charge in [-0.05, 0) is 55.5 Å². The molecule has 180 valence electrons. The molecule has 0 unspecified atom stereocenters. The van der Waals surface area contributed by atoms with Crippen LogP contribution in [0.1, 0.15) is 11.3 Å². The number of methoxy groups -OCH3 is 1. The van der Waals surface area contributed by atoms with Crippen molar-refractivity contribution < 1.29 is 19.0 Å². The number of benzene rings is 2. The van der Waals surface area contributed by atoms with E-state index in [1.165, 1.54) is 0 Å². The number of hydrogen-bond donors (Lipinski definition) is 1. The third-order valence-corrected chi connectivity index (χ3v) is 6.27. The van der Waals surface area contributed by atoms with Crippen LogP contribution in [0.2, 0.25) is 0 Å². The first-order valence-electron chi connectivity index (χ1n) is 11.5. The van der Waals surface area contributed by atoms with E-state index in [0.29, 0.717) is 40.3 Å². The molecule has 1 aliphatic heterocycles. The summed E-state index contributed by atoms with van der Waals surface area (Å²) in [6.07, 6.45) is 1.80. The monoisotopic (exact) mass is 473 g/mol. The predicted molar refractivity (Wildman–Crippen MR) is 134 cm³/mol. The van der Waals surface area contributed by atoms with Crippen LogP contribution in [-0.2, 0) is 6.54 Å². The van der Waals surface area contributed by atoms with Gasteiger partial charge in [0.15, 0.2) is 0 Å². The first-order valence-corrected chi connectivity index (χ1v) is 11.5. The topological polar surface area (TPSA) is 88.3 Å². The fraction of sp³-hybridized carbons (Fsp3) is 0.259. The summed E-state index contributed by atoms with van der Waals surface area (Å²) in [5.74, 6) is 2.75. The van der Waals surface area contributed by atoms with Gasteiger partial charge in [-0.3, -0.25) is 9.69 Å². The summed E-state index contributed by atoms with van der Waals surface area (Å²) < 4.78 is 17.1. The van der Waals surface area contributed by atoms with Gasteiger partial charge in [-0.15, -0.1) is 0 Å². The lowest BCUT2D eigenvalue weighted by molar-refractivity contribution is 0.246. The fourth-order valence-corrected chi connectivity index (χ4v) is 4.33. The first-order chi connectivity index (χ1) is 17.0. The molecule has 0 spiro atoms. The number of phenolic OH excluding ortho intramolecular Hbond substituents is 1. The molecule has 1 N–H and O–H groups in total. The third-order valence-electron chi connectivity index (χ3n) is 6.27. The second kappa shape index (κ2) is 9.68. The molecule has 0 bridgehead atoms. The molecule has 1 aliphatic rings. The van der Waals surface area contributed by atoms with E-state index in [1.54, 1.807) is 56.6 Å². The van der Waals surface area contributed by atoms with Gasteiger partial charge in [0.05, 0.1) is 18.1 Å². The van der Waals surface area contributed by atoms with Crippen molar-refractivity contribution in [1.82, 2.24) is 9.88 Å². The molecule has 5 rings (SSSR count). The van der Waals surface area contributed by atoms with Crippen LogP contribution >= 0.6 is 0 Å². The van der Waals surface area contributed by atoms with Crippen LogP contribution in [-0.4, -0.2) is 48.3 Å². The maximum atomic E-state index is 13.3. The van der Waals surface area contributed by atoms with E-state index in [-0.39, 0.29) is 16.9 Å². The van der Waals surface area contributed by atoms with Gasteiger partial charge in [0.25, 0.3) is 0 Å². The molecule has 1 saturated heterocycles. The van der Waals surface area contributed by atoms with E-state index in [4.69, 9.17) is 13.9 Å². The van der Waals surface area contributed by atoms with E-state index in [1.807, 2.05) is 18.2 Å². The summed E-state index contributed by atoms with van der Waals surface area (Å²) in [6, 6.07) is 16.0. The molecule has 8 heteroatoms. The number of nitrogens with zero attached hydrogens (tertiary/aromatic N) is 3. The Morgan fingerprint density at radius 1 is 1.00 bits per heavy atom. The SMILES string of the molecule is COc1ccc(Oc2c(C)oc3c(CN4CCN(c5ccccn5)CC4)c(O)ccc3c2=O)cc1. The Hall–Kier alpha value is -4.04. The van der Waals surface area contributed by atoms with Gasteiger partial charge in [-0.1, -0.05) is 6.07 Å². The molecule has 0 radical (unpaired) electrons. The minimum absolute atomic E-state index is 0.107. The van der Waals surface area contributed by atoms with Crippen molar-refractivity contribution in [2.45, 2.75) is 13.5 Å². The highest BCUT2D eigenvalue weighted by Gasteiger charge is 2.23. The zero-order chi connectivity index (χ0) is 24.4. The second-order valence-corrected chi connectivity index (χ2v) is 8.49. The van der Waals surface area contributed by atoms with Crippen LogP contribution in [0.3, 0.4) is 0 Å². The van der Waals surface area contributed by atoms with Crippen molar-refractivity contribution in [1.29, 1.82) is 0 Å². The molecule has 2 aromatic carbocycles. The lowest BCUT2D eigenvalue weighted by Gasteiger charge is -2.35. The number of phenols is 1. The third kappa shape index (κ3) is 4.65. The van der Waals surface area contributed by atoms with Crippen molar-refractivity contribution in [2.75, 3.05) is 38.2 Å². The van der Waals surface area contributed by atoms with Crippen LogP contribution in [0.4, 0.5) is 5.82 Å². The number of rotatable bonds is 6. The summed E-state index contributed by atoms with van der Waals surface area (Å²) in [6.45, 7) is 5.42. The van der Waals surface area contributed by atoms with E-state index in [0.717, 1.165) is 32.0 Å². The Kier molecular flexibility index (Phi) is 6.29. The smallest absolute Gasteiger partial charge is 0.235 e. The number of pyridine rings is 1. The zero-order valence-electron chi connectivity index (χ0n) is 19.7. The minimum atomic E-state index is -0.277. The zero-order valence-corrected chi connectivity index (χ0v) is 19.7. The van der Waals surface area contributed by atoms with Crippen LogP contribution in [0.25, 0.3) is 11.0 Å². The van der Waals surface area contributed by atoms with Crippen molar-refractivity contribution in [2.24, 2.45) is 0 Å². The van der Waals surface area contributed by atoms with E-state index < -0.39 is 0 Å². The largest absolute Gasteiger partial charge is 0.507 e. The maximum Gasteiger partial charge on any atom is 0.235 e. The van der Waals surface area contributed by atoms with Gasteiger partial charge in [-0.25, -0.2) is 4.98 Å². The number of fused-ring (bicyclic) bond motifs is 1. The van der Waals surface area contributed by atoms with Gasteiger partial charge < -0.3 is 23.9 Å². The molecule has 2 aromatic heterocycles. The lowest BCUT2D eigenvalue weighted by atomic mass is 10.1. The minimum Gasteiger partial charge on any atom is -0.507 e. The molecule has 8 nitrogen and oxygen atoms in total. The van der Waals surface area contributed by atoms with Gasteiger partial charge in [0.2, 0.25) is 11.2 Å². The number of hydrogen-bond acceptors (Lipinski definition) is 8. The van der Waals surface area contributed by atoms with Crippen molar-refractivity contribution in [3.63, 3.8) is 0 Å². The summed E-state index contributed by atoms with van der Waals surface area (Å²) >= 11 is 0. The standard InChI is InChI=1S/C27H27N3O5/c1-18-26(35-20-8-6-19(33-2)7-9-20)25(32)21-10-11-23(31)22(27(21)34-18)17-29-13-15-30(16-14-29)24-5-3-4-12-28-24/h3-12,31H,13-17H2,1-2H3. The lowest BCUT2D eigenvalue weighted by Crippen LogP contribution is -2.46. The Morgan fingerprint density at radius 2 is 1.74 bits per heavy atom. The maximum absolute atomic E-state index is 13.3. The number of piperazine rings is 1. The van der Waals surface area contributed by atoms with Gasteiger partial charge in [0.1, 0.15) is 34.4 Å². The molecule has 1 fully saturated rings. The fourth-order valence-electron chi connectivity index (χ4n) is 4.33.